The average Bonchev–Trinajstić information content (AvgIpc) is 3.37. The number of β-amino-alcohol motifs (C(OH)–C–C–N with tert-alkyl or cyclic N) is 1. The van der Waals surface area contributed by atoms with Crippen molar-refractivity contribution in [3.05, 3.63) is 71.7 Å². The lowest BCUT2D eigenvalue weighted by molar-refractivity contribution is -0.134. The third-order valence-corrected chi connectivity index (χ3v) is 4.75. The fourth-order valence-electron chi connectivity index (χ4n) is 2.93. The van der Waals surface area contributed by atoms with E-state index in [4.69, 9.17) is 30.1 Å². The number of aliphatic hydroxyl groups is 1. The molecule has 1 saturated heterocycles. The predicted molar refractivity (Wildman–Crippen MR) is 132 cm³/mol. The minimum absolute atomic E-state index is 0.0180. The Morgan fingerprint density at radius 3 is 1.68 bits per heavy atom. The zero-order chi connectivity index (χ0) is 30.1. The highest BCUT2D eigenvalue weighted by atomic mass is 19.1. The first-order valence-corrected chi connectivity index (χ1v) is 11.4. The summed E-state index contributed by atoms with van der Waals surface area (Å²) in [6.07, 6.45) is 2.23. The number of carboxylic acids is 4. The summed E-state index contributed by atoms with van der Waals surface area (Å²) in [5.74, 6) is -5.45. The molecular weight excluding hydrogens is 539 g/mol. The molecule has 1 aromatic heterocycles. The van der Waals surface area contributed by atoms with Gasteiger partial charge in [-0.15, -0.1) is 0 Å². The Labute approximate surface area is 226 Å². The molecule has 0 aliphatic carbocycles. The highest BCUT2D eigenvalue weighted by Gasteiger charge is 2.21. The van der Waals surface area contributed by atoms with Gasteiger partial charge in [-0.2, -0.15) is 4.98 Å². The largest absolute Gasteiger partial charge is 0.478 e. The van der Waals surface area contributed by atoms with Crippen LogP contribution in [0.5, 0.6) is 0 Å². The van der Waals surface area contributed by atoms with Crippen molar-refractivity contribution in [3.8, 4) is 0 Å². The molecule has 3 rings (SSSR count). The number of aliphatic carboxylic acids is 4. The highest BCUT2D eigenvalue weighted by molar-refractivity contribution is 6.06. The molecule has 1 fully saturated rings. The number of nitrogens with zero attached hydrogens (tertiary/aromatic N) is 4. The maximum absolute atomic E-state index is 12.9. The molecule has 0 spiro atoms. The van der Waals surface area contributed by atoms with Crippen molar-refractivity contribution >= 4 is 29.7 Å². The molecule has 15 nitrogen and oxygen atoms in total. The Hall–Kier alpha value is -4.80. The quantitative estimate of drug-likeness (QED) is 0.188. The number of carbonyl (C=O) groups is 5. The minimum atomic E-state index is -1.26. The first-order chi connectivity index (χ1) is 18.9. The molecule has 40 heavy (non-hydrogen) atoms. The van der Waals surface area contributed by atoms with Crippen LogP contribution in [0.1, 0.15) is 22.1 Å². The van der Waals surface area contributed by atoms with Crippen molar-refractivity contribution in [2.45, 2.75) is 6.54 Å². The van der Waals surface area contributed by atoms with Gasteiger partial charge in [0.15, 0.2) is 0 Å². The van der Waals surface area contributed by atoms with Crippen molar-refractivity contribution in [2.75, 3.05) is 39.3 Å². The van der Waals surface area contributed by atoms with Gasteiger partial charge < -0.3 is 30.1 Å². The van der Waals surface area contributed by atoms with E-state index in [1.54, 1.807) is 0 Å². The van der Waals surface area contributed by atoms with E-state index in [1.165, 1.54) is 24.3 Å². The number of aromatic nitrogens is 2. The van der Waals surface area contributed by atoms with Crippen LogP contribution in [0.15, 0.2) is 53.1 Å². The maximum atomic E-state index is 12.9. The zero-order valence-corrected chi connectivity index (χ0v) is 20.9. The molecule has 1 aromatic carbocycles. The van der Waals surface area contributed by atoms with E-state index in [-0.39, 0.29) is 12.4 Å². The van der Waals surface area contributed by atoms with Gasteiger partial charge >= 0.3 is 23.9 Å². The van der Waals surface area contributed by atoms with E-state index in [0.717, 1.165) is 26.2 Å². The van der Waals surface area contributed by atoms with Gasteiger partial charge in [0, 0.05) is 62.6 Å². The third kappa shape index (κ3) is 14.2. The van der Waals surface area contributed by atoms with Crippen molar-refractivity contribution < 1.29 is 58.4 Å². The first-order valence-electron chi connectivity index (χ1n) is 11.4. The number of hydrogen-bond donors (Lipinski definition) is 5. The molecule has 0 unspecified atom stereocenters. The van der Waals surface area contributed by atoms with Gasteiger partial charge in [-0.3, -0.25) is 14.6 Å². The van der Waals surface area contributed by atoms with Crippen molar-refractivity contribution in [1.29, 1.82) is 0 Å². The number of aliphatic hydroxyl groups excluding tert-OH is 1. The van der Waals surface area contributed by atoms with Gasteiger partial charge in [0.05, 0.1) is 13.2 Å². The lowest BCUT2D eigenvalue weighted by atomic mass is 10.1. The van der Waals surface area contributed by atoms with Gasteiger partial charge in [0.1, 0.15) is 5.82 Å². The molecule has 1 aliphatic heterocycles. The Bertz CT molecular complexity index is 1140. The van der Waals surface area contributed by atoms with Gasteiger partial charge in [-0.1, -0.05) is 5.16 Å². The van der Waals surface area contributed by atoms with Crippen LogP contribution in [-0.2, 0) is 25.7 Å². The van der Waals surface area contributed by atoms with Crippen molar-refractivity contribution in [2.24, 2.45) is 0 Å². The molecule has 2 aromatic rings. The van der Waals surface area contributed by atoms with Crippen LogP contribution in [0.25, 0.3) is 0 Å². The zero-order valence-electron chi connectivity index (χ0n) is 20.9. The molecule has 0 amide bonds. The Morgan fingerprint density at radius 1 is 0.800 bits per heavy atom. The number of halogens is 1. The number of benzene rings is 1. The Kier molecular flexibility index (Phi) is 14.7. The molecule has 16 heteroatoms. The summed E-state index contributed by atoms with van der Waals surface area (Å²) in [6.45, 7) is 4.75. The van der Waals surface area contributed by atoms with Crippen molar-refractivity contribution in [3.63, 3.8) is 0 Å². The van der Waals surface area contributed by atoms with Gasteiger partial charge in [0.2, 0.25) is 17.5 Å². The SMILES string of the molecule is O=C(O)/C=C\C(=O)O.O=C(O)/C=C\C(=O)O.O=C(c1ccc(F)cc1)c1noc(CN2CCN(CCO)CC2)n1. The normalized spacial score (nSPS) is 13.7. The van der Waals surface area contributed by atoms with Gasteiger partial charge in [-0.25, -0.2) is 23.6 Å². The molecule has 1 aliphatic rings. The van der Waals surface area contributed by atoms with E-state index in [2.05, 4.69) is 19.9 Å². The monoisotopic (exact) mass is 566 g/mol. The summed E-state index contributed by atoms with van der Waals surface area (Å²) < 4.78 is 18.1. The maximum Gasteiger partial charge on any atom is 0.328 e. The third-order valence-electron chi connectivity index (χ3n) is 4.75. The Morgan fingerprint density at radius 2 is 1.25 bits per heavy atom. The first kappa shape index (κ1) is 33.2. The second-order valence-electron chi connectivity index (χ2n) is 7.71. The number of rotatable bonds is 10. The number of ketones is 1. The van der Waals surface area contributed by atoms with Crippen LogP contribution in [0.3, 0.4) is 0 Å². The smallest absolute Gasteiger partial charge is 0.328 e. The van der Waals surface area contributed by atoms with E-state index in [1.807, 2.05) is 0 Å². The van der Waals surface area contributed by atoms with E-state index in [9.17, 15) is 28.4 Å². The van der Waals surface area contributed by atoms with Crippen LogP contribution in [0, 0.1) is 5.82 Å². The van der Waals surface area contributed by atoms with Gasteiger partial charge in [0.25, 0.3) is 0 Å². The lowest BCUT2D eigenvalue weighted by Gasteiger charge is -2.33. The molecule has 0 saturated carbocycles. The molecular formula is C24H27FN4O11. The summed E-state index contributed by atoms with van der Waals surface area (Å²) in [5, 5.41) is 43.9. The highest BCUT2D eigenvalue weighted by Crippen LogP contribution is 2.11. The summed E-state index contributed by atoms with van der Waals surface area (Å²) in [4.78, 5) is 58.9. The molecule has 2 heterocycles. The number of piperazine rings is 1. The summed E-state index contributed by atoms with van der Waals surface area (Å²) in [5.41, 5.74) is 0.321. The van der Waals surface area contributed by atoms with E-state index < -0.39 is 35.5 Å². The lowest BCUT2D eigenvalue weighted by Crippen LogP contribution is -2.46. The average molecular weight is 566 g/mol. The van der Waals surface area contributed by atoms with Crippen LogP contribution < -0.4 is 0 Å². The number of carbonyl (C=O) groups excluding carboxylic acids is 1. The van der Waals surface area contributed by atoms with Crippen LogP contribution in [0.2, 0.25) is 0 Å². The summed E-state index contributed by atoms with van der Waals surface area (Å²) in [7, 11) is 0. The second-order valence-corrected chi connectivity index (χ2v) is 7.71. The molecule has 5 N–H and O–H groups in total. The Balaban J connectivity index is 0.000000412. The standard InChI is InChI=1S/C16H19FN4O3.2C4H4O4/c17-13-3-1-12(2-4-13)15(23)16-18-14(24-19-16)11-21-7-5-20(6-8-21)9-10-22;2*5-3(6)1-2-4(7)8/h1-4,22H,5-11H2;2*1-2H,(H,5,6)(H,7,8)/b;2*2-1-. The van der Waals surface area contributed by atoms with E-state index >= 15 is 0 Å². The number of hydrogen-bond acceptors (Lipinski definition) is 11. The fourth-order valence-corrected chi connectivity index (χ4v) is 2.93. The molecule has 0 bridgehead atoms. The number of carboxylic acid groups (broad SMARTS) is 4. The fraction of sp³-hybridized carbons (Fsp3) is 0.292. The molecule has 0 radical (unpaired) electrons. The topological polar surface area (TPSA) is 232 Å². The van der Waals surface area contributed by atoms with Crippen molar-refractivity contribution in [1.82, 2.24) is 19.9 Å². The van der Waals surface area contributed by atoms with Gasteiger partial charge in [-0.05, 0) is 24.3 Å². The predicted octanol–water partition coefficient (Wildman–Crippen LogP) is -0.0268. The summed E-state index contributed by atoms with van der Waals surface area (Å²) >= 11 is 0. The van der Waals surface area contributed by atoms with Crippen LogP contribution in [-0.4, -0.2) is 114 Å². The molecule has 216 valence electrons. The van der Waals surface area contributed by atoms with Crippen LogP contribution >= 0.6 is 0 Å². The van der Waals surface area contributed by atoms with Crippen LogP contribution in [0.4, 0.5) is 4.39 Å². The minimum Gasteiger partial charge on any atom is -0.478 e. The molecule has 0 atom stereocenters. The summed E-state index contributed by atoms with van der Waals surface area (Å²) in [6, 6.07) is 5.24. The van der Waals surface area contributed by atoms with E-state index in [0.29, 0.717) is 48.8 Å². The second kappa shape index (κ2) is 17.7.